The van der Waals surface area contributed by atoms with Crippen molar-refractivity contribution < 1.29 is 4.79 Å². The summed E-state index contributed by atoms with van der Waals surface area (Å²) in [6, 6.07) is 5.29. The summed E-state index contributed by atoms with van der Waals surface area (Å²) < 4.78 is 2.56. The second-order valence-electron chi connectivity index (χ2n) is 5.47. The van der Waals surface area contributed by atoms with Crippen LogP contribution in [0.4, 0.5) is 5.69 Å². The van der Waals surface area contributed by atoms with Gasteiger partial charge in [-0.05, 0) is 44.5 Å². The van der Waals surface area contributed by atoms with Gasteiger partial charge < -0.3 is 5.32 Å². The molecule has 0 aliphatic carbocycles. The third-order valence-corrected chi connectivity index (χ3v) is 5.42. The predicted molar refractivity (Wildman–Crippen MR) is 103 cm³/mol. The molecule has 2 heterocycles. The standard InChI is InChI=1S/C16H15BrClN5OS/c1-8-9(2)19-15-21-16(22-23(15)10(8)3)25-7-14(24)20-13-5-4-11(17)6-12(13)18/h4-6H,7H2,1-3H3,(H,20,24). The van der Waals surface area contributed by atoms with Crippen molar-refractivity contribution in [1.82, 2.24) is 19.6 Å². The monoisotopic (exact) mass is 439 g/mol. The lowest BCUT2D eigenvalue weighted by Crippen LogP contribution is -2.14. The molecule has 0 bridgehead atoms. The van der Waals surface area contributed by atoms with E-state index in [1.807, 2.05) is 26.8 Å². The zero-order valence-corrected chi connectivity index (χ0v) is 17.0. The Bertz CT molecular complexity index is 975. The molecule has 25 heavy (non-hydrogen) atoms. The van der Waals surface area contributed by atoms with Crippen molar-refractivity contribution in [3.63, 3.8) is 0 Å². The van der Waals surface area contributed by atoms with Crippen molar-refractivity contribution in [2.45, 2.75) is 25.9 Å². The largest absolute Gasteiger partial charge is 0.324 e. The Morgan fingerprint density at radius 2 is 2.08 bits per heavy atom. The lowest BCUT2D eigenvalue weighted by Gasteiger charge is -2.06. The molecule has 0 radical (unpaired) electrons. The normalized spacial score (nSPS) is 11.1. The van der Waals surface area contributed by atoms with E-state index < -0.39 is 0 Å². The Morgan fingerprint density at radius 1 is 1.32 bits per heavy atom. The number of nitrogens with zero attached hydrogens (tertiary/aromatic N) is 4. The number of anilines is 1. The third kappa shape index (κ3) is 3.96. The smallest absolute Gasteiger partial charge is 0.253 e. The quantitative estimate of drug-likeness (QED) is 0.616. The maximum absolute atomic E-state index is 12.1. The van der Waals surface area contributed by atoms with Gasteiger partial charge in [0, 0.05) is 15.9 Å². The summed E-state index contributed by atoms with van der Waals surface area (Å²) in [4.78, 5) is 20.9. The number of nitrogens with one attached hydrogen (secondary N) is 1. The molecule has 1 aromatic carbocycles. The molecule has 0 saturated heterocycles. The number of thioether (sulfide) groups is 1. The number of carbonyl (C=O) groups is 1. The highest BCUT2D eigenvalue weighted by Gasteiger charge is 2.13. The van der Waals surface area contributed by atoms with Gasteiger partial charge in [0.25, 0.3) is 5.78 Å². The molecule has 0 aliphatic rings. The summed E-state index contributed by atoms with van der Waals surface area (Å²) >= 11 is 10.7. The van der Waals surface area contributed by atoms with Gasteiger partial charge in [-0.15, -0.1) is 5.10 Å². The highest BCUT2D eigenvalue weighted by molar-refractivity contribution is 9.10. The Kier molecular flexibility index (Phi) is 5.31. The Morgan fingerprint density at radius 3 is 2.80 bits per heavy atom. The molecule has 0 aliphatic heterocycles. The second kappa shape index (κ2) is 7.31. The van der Waals surface area contributed by atoms with Crippen LogP contribution < -0.4 is 5.32 Å². The average molecular weight is 441 g/mol. The summed E-state index contributed by atoms with van der Waals surface area (Å²) in [5.74, 6) is 0.546. The van der Waals surface area contributed by atoms with E-state index >= 15 is 0 Å². The zero-order valence-electron chi connectivity index (χ0n) is 13.8. The van der Waals surface area contributed by atoms with E-state index in [4.69, 9.17) is 11.6 Å². The molecule has 3 rings (SSSR count). The van der Waals surface area contributed by atoms with Crippen LogP contribution in [0.5, 0.6) is 0 Å². The van der Waals surface area contributed by atoms with Crippen molar-refractivity contribution in [2.75, 3.05) is 11.1 Å². The molecule has 0 atom stereocenters. The second-order valence-corrected chi connectivity index (χ2v) is 7.74. The SMILES string of the molecule is Cc1nc2nc(SCC(=O)Nc3ccc(Br)cc3Cl)nn2c(C)c1C. The van der Waals surface area contributed by atoms with Gasteiger partial charge in [-0.2, -0.15) is 4.98 Å². The van der Waals surface area contributed by atoms with E-state index in [0.717, 1.165) is 21.4 Å². The Hall–Kier alpha value is -1.64. The first-order valence-electron chi connectivity index (χ1n) is 7.43. The summed E-state index contributed by atoms with van der Waals surface area (Å²) in [7, 11) is 0. The molecule has 2 aromatic heterocycles. The lowest BCUT2D eigenvalue weighted by atomic mass is 10.2. The van der Waals surface area contributed by atoms with Crippen molar-refractivity contribution in [3.8, 4) is 0 Å². The van der Waals surface area contributed by atoms with Crippen LogP contribution in [0.15, 0.2) is 27.8 Å². The van der Waals surface area contributed by atoms with Crippen LogP contribution in [-0.2, 0) is 4.79 Å². The molecule has 9 heteroatoms. The highest BCUT2D eigenvalue weighted by Crippen LogP contribution is 2.26. The first-order chi connectivity index (χ1) is 11.8. The summed E-state index contributed by atoms with van der Waals surface area (Å²) in [6.07, 6.45) is 0. The summed E-state index contributed by atoms with van der Waals surface area (Å²) in [5, 5.41) is 8.18. The number of carbonyl (C=O) groups excluding carboxylic acids is 1. The van der Waals surface area contributed by atoms with Crippen LogP contribution in [-0.4, -0.2) is 31.2 Å². The number of benzene rings is 1. The van der Waals surface area contributed by atoms with Crippen molar-refractivity contribution >= 4 is 56.7 Å². The number of aryl methyl sites for hydroxylation is 2. The minimum absolute atomic E-state index is 0.176. The minimum atomic E-state index is -0.176. The van der Waals surface area contributed by atoms with Crippen molar-refractivity contribution in [2.24, 2.45) is 0 Å². The van der Waals surface area contributed by atoms with Gasteiger partial charge in [0.2, 0.25) is 11.1 Å². The van der Waals surface area contributed by atoms with E-state index in [1.54, 1.807) is 16.6 Å². The van der Waals surface area contributed by atoms with E-state index in [2.05, 4.69) is 36.3 Å². The van der Waals surface area contributed by atoms with Crippen LogP contribution >= 0.6 is 39.3 Å². The zero-order chi connectivity index (χ0) is 18.1. The van der Waals surface area contributed by atoms with Crippen LogP contribution in [0.2, 0.25) is 5.02 Å². The molecular formula is C16H15BrClN5OS. The molecule has 6 nitrogen and oxygen atoms in total. The van der Waals surface area contributed by atoms with Gasteiger partial charge in [-0.25, -0.2) is 9.50 Å². The summed E-state index contributed by atoms with van der Waals surface area (Å²) in [5.41, 5.74) is 3.57. The minimum Gasteiger partial charge on any atom is -0.324 e. The van der Waals surface area contributed by atoms with Crippen LogP contribution in [0.25, 0.3) is 5.78 Å². The van der Waals surface area contributed by atoms with E-state index in [-0.39, 0.29) is 11.7 Å². The van der Waals surface area contributed by atoms with E-state index in [1.165, 1.54) is 11.8 Å². The van der Waals surface area contributed by atoms with E-state index in [9.17, 15) is 4.79 Å². The molecule has 130 valence electrons. The van der Waals surface area contributed by atoms with Crippen molar-refractivity contribution in [1.29, 1.82) is 0 Å². The number of fused-ring (bicyclic) bond motifs is 1. The van der Waals surface area contributed by atoms with Gasteiger partial charge >= 0.3 is 0 Å². The van der Waals surface area contributed by atoms with E-state index in [0.29, 0.717) is 21.6 Å². The first-order valence-corrected chi connectivity index (χ1v) is 9.59. The van der Waals surface area contributed by atoms with Gasteiger partial charge in [0.15, 0.2) is 0 Å². The molecular weight excluding hydrogens is 426 g/mol. The van der Waals surface area contributed by atoms with Crippen LogP contribution in [0.3, 0.4) is 0 Å². The molecule has 1 amide bonds. The highest BCUT2D eigenvalue weighted by atomic mass is 79.9. The number of aromatic nitrogens is 4. The molecule has 3 aromatic rings. The Balaban J connectivity index is 1.70. The van der Waals surface area contributed by atoms with Gasteiger partial charge in [-0.3, -0.25) is 4.79 Å². The molecule has 0 spiro atoms. The van der Waals surface area contributed by atoms with Crippen molar-refractivity contribution in [3.05, 3.63) is 44.6 Å². The lowest BCUT2D eigenvalue weighted by molar-refractivity contribution is -0.113. The fourth-order valence-corrected chi connectivity index (χ4v) is 3.54. The number of rotatable bonds is 4. The third-order valence-electron chi connectivity index (χ3n) is 3.78. The molecule has 0 saturated carbocycles. The van der Waals surface area contributed by atoms with Crippen LogP contribution in [0.1, 0.15) is 17.0 Å². The van der Waals surface area contributed by atoms with Gasteiger partial charge in [0.05, 0.1) is 16.5 Å². The number of hydrogen-bond acceptors (Lipinski definition) is 5. The fraction of sp³-hybridized carbons (Fsp3) is 0.250. The summed E-state index contributed by atoms with van der Waals surface area (Å²) in [6.45, 7) is 5.92. The first kappa shape index (κ1) is 18.2. The van der Waals surface area contributed by atoms with Gasteiger partial charge in [0.1, 0.15) is 0 Å². The molecule has 1 N–H and O–H groups in total. The maximum atomic E-state index is 12.1. The average Bonchev–Trinajstić information content (AvgIpc) is 2.96. The maximum Gasteiger partial charge on any atom is 0.253 e. The molecule has 0 unspecified atom stereocenters. The number of halogens is 2. The fourth-order valence-electron chi connectivity index (χ4n) is 2.21. The number of amides is 1. The molecule has 0 fully saturated rings. The Labute approximate surface area is 162 Å². The van der Waals surface area contributed by atoms with Crippen LogP contribution in [0, 0.1) is 20.8 Å². The number of hydrogen-bond donors (Lipinski definition) is 1. The topological polar surface area (TPSA) is 72.2 Å². The predicted octanol–water partition coefficient (Wildman–Crippen LogP) is 4.20. The van der Waals surface area contributed by atoms with Gasteiger partial charge in [-0.1, -0.05) is 39.3 Å².